The number of nitrogens with one attached hydrogen (secondary N) is 1. The number of amides is 2. The number of carbonyl (C=O) groups excluding carboxylic acids is 1. The van der Waals surface area contributed by atoms with Crippen LogP contribution in [0.1, 0.15) is 48.0 Å². The summed E-state index contributed by atoms with van der Waals surface area (Å²) >= 11 is 0. The molecule has 148 valence electrons. The van der Waals surface area contributed by atoms with Crippen LogP contribution in [-0.4, -0.2) is 47.4 Å². The van der Waals surface area contributed by atoms with Gasteiger partial charge in [0.15, 0.2) is 5.82 Å². The molecule has 1 spiro atoms. The molecule has 2 aromatic rings. The number of rotatable bonds is 2. The van der Waals surface area contributed by atoms with E-state index in [2.05, 4.69) is 27.6 Å². The van der Waals surface area contributed by atoms with Crippen LogP contribution in [0.25, 0.3) is 0 Å². The molecule has 28 heavy (non-hydrogen) atoms. The lowest BCUT2D eigenvalue weighted by Crippen LogP contribution is -2.38. The van der Waals surface area contributed by atoms with Crippen molar-refractivity contribution in [3.05, 3.63) is 41.0 Å². The number of aromatic nitrogens is 2. The van der Waals surface area contributed by atoms with Crippen LogP contribution in [0.4, 0.5) is 10.5 Å². The van der Waals surface area contributed by atoms with Gasteiger partial charge in [-0.15, -0.1) is 0 Å². The minimum Gasteiger partial charge on any atom is -0.381 e. The molecule has 1 aromatic carbocycles. The van der Waals surface area contributed by atoms with Crippen LogP contribution in [0.5, 0.6) is 0 Å². The molecule has 7 nitrogen and oxygen atoms in total. The molecular weight excluding hydrogens is 356 g/mol. The molecule has 1 atom stereocenters. The van der Waals surface area contributed by atoms with Crippen LogP contribution in [0.15, 0.2) is 22.7 Å². The molecular formula is C21H26N4O3. The highest BCUT2D eigenvalue weighted by molar-refractivity contribution is 5.89. The van der Waals surface area contributed by atoms with Crippen molar-refractivity contribution in [1.29, 1.82) is 0 Å². The van der Waals surface area contributed by atoms with E-state index in [9.17, 15) is 4.79 Å². The number of likely N-dealkylation sites (tertiary alicyclic amines) is 1. The number of hydrogen-bond donors (Lipinski definition) is 1. The van der Waals surface area contributed by atoms with Crippen molar-refractivity contribution >= 4 is 11.7 Å². The molecule has 0 bridgehead atoms. The van der Waals surface area contributed by atoms with Gasteiger partial charge in [-0.2, -0.15) is 4.98 Å². The van der Waals surface area contributed by atoms with E-state index in [-0.39, 0.29) is 17.4 Å². The monoisotopic (exact) mass is 382 g/mol. The Morgan fingerprint density at radius 3 is 2.86 bits per heavy atom. The third kappa shape index (κ3) is 3.07. The number of carbonyl (C=O) groups is 1. The lowest BCUT2D eigenvalue weighted by molar-refractivity contribution is 0.00959. The zero-order valence-corrected chi connectivity index (χ0v) is 16.2. The maximum atomic E-state index is 13.0. The van der Waals surface area contributed by atoms with Gasteiger partial charge in [0.2, 0.25) is 5.89 Å². The minimum absolute atomic E-state index is 0.0491. The molecule has 2 aliphatic heterocycles. The third-order valence-electron chi connectivity index (χ3n) is 6.61. The number of ether oxygens (including phenoxy) is 1. The van der Waals surface area contributed by atoms with Gasteiger partial charge in [-0.3, -0.25) is 0 Å². The summed E-state index contributed by atoms with van der Waals surface area (Å²) in [7, 11) is 0. The Labute approximate surface area is 164 Å². The summed E-state index contributed by atoms with van der Waals surface area (Å²) in [6, 6.07) is 6.23. The summed E-state index contributed by atoms with van der Waals surface area (Å²) in [4.78, 5) is 19.4. The largest absolute Gasteiger partial charge is 0.381 e. The first kappa shape index (κ1) is 17.7. The van der Waals surface area contributed by atoms with Crippen molar-refractivity contribution in [2.45, 2.75) is 44.9 Å². The average Bonchev–Trinajstić information content (AvgIpc) is 3.41. The van der Waals surface area contributed by atoms with E-state index in [4.69, 9.17) is 9.26 Å². The van der Waals surface area contributed by atoms with E-state index >= 15 is 0 Å². The van der Waals surface area contributed by atoms with E-state index < -0.39 is 0 Å². The fraction of sp³-hybridized carbons (Fsp3) is 0.571. The molecule has 5 rings (SSSR count). The lowest BCUT2D eigenvalue weighted by Gasteiger charge is -2.36. The fourth-order valence-electron chi connectivity index (χ4n) is 5.05. The number of fused-ring (bicyclic) bond motifs is 1. The molecule has 1 aromatic heterocycles. The van der Waals surface area contributed by atoms with Gasteiger partial charge in [0.25, 0.3) is 0 Å². The van der Waals surface area contributed by atoms with Crippen LogP contribution in [0.2, 0.25) is 0 Å². The number of anilines is 1. The van der Waals surface area contributed by atoms with Gasteiger partial charge in [-0.1, -0.05) is 11.2 Å². The molecule has 0 unspecified atom stereocenters. The molecule has 1 N–H and O–H groups in total. The molecule has 2 fully saturated rings. The second kappa shape index (κ2) is 6.88. The van der Waals surface area contributed by atoms with E-state index in [1.165, 1.54) is 17.5 Å². The molecule has 3 heterocycles. The predicted molar refractivity (Wildman–Crippen MR) is 103 cm³/mol. The van der Waals surface area contributed by atoms with E-state index in [0.29, 0.717) is 38.0 Å². The van der Waals surface area contributed by atoms with Crippen molar-refractivity contribution in [3.8, 4) is 0 Å². The molecule has 2 saturated heterocycles. The zero-order chi connectivity index (χ0) is 19.1. The Morgan fingerprint density at radius 2 is 2.07 bits per heavy atom. The van der Waals surface area contributed by atoms with Crippen LogP contribution < -0.4 is 5.32 Å². The number of hydrogen-bond acceptors (Lipinski definition) is 5. The fourth-order valence-corrected chi connectivity index (χ4v) is 5.05. The van der Waals surface area contributed by atoms with Crippen LogP contribution in [0, 0.1) is 12.3 Å². The topological polar surface area (TPSA) is 80.5 Å². The quantitative estimate of drug-likeness (QED) is 0.862. The van der Waals surface area contributed by atoms with E-state index in [1.54, 1.807) is 0 Å². The highest BCUT2D eigenvalue weighted by Gasteiger charge is 2.51. The summed E-state index contributed by atoms with van der Waals surface area (Å²) in [6.07, 6.45) is 5.26. The van der Waals surface area contributed by atoms with Crippen LogP contribution >= 0.6 is 0 Å². The van der Waals surface area contributed by atoms with Crippen LogP contribution in [0.3, 0.4) is 0 Å². The van der Waals surface area contributed by atoms with Crippen molar-refractivity contribution in [2.24, 2.45) is 5.41 Å². The molecule has 2 amide bonds. The molecule has 7 heteroatoms. The molecule has 0 radical (unpaired) electrons. The van der Waals surface area contributed by atoms with Gasteiger partial charge in [0.05, 0.1) is 5.92 Å². The number of aryl methyl sites for hydroxylation is 3. The van der Waals surface area contributed by atoms with Crippen LogP contribution in [-0.2, 0) is 17.6 Å². The average molecular weight is 382 g/mol. The maximum absolute atomic E-state index is 13.0. The minimum atomic E-state index is -0.0532. The Hall–Kier alpha value is -2.41. The Bertz CT molecular complexity index is 888. The second-order valence-corrected chi connectivity index (χ2v) is 8.35. The number of urea groups is 1. The second-order valence-electron chi connectivity index (χ2n) is 8.35. The van der Waals surface area contributed by atoms with Gasteiger partial charge in [-0.25, -0.2) is 4.79 Å². The van der Waals surface area contributed by atoms with Crippen molar-refractivity contribution in [3.63, 3.8) is 0 Å². The number of benzene rings is 1. The first-order valence-electron chi connectivity index (χ1n) is 10.2. The Morgan fingerprint density at radius 1 is 1.25 bits per heavy atom. The SMILES string of the molecule is Cc1noc([C@@H]2CN(C(=O)Nc3ccc4c(c3)CCC4)CC23CCOCC3)n1. The predicted octanol–water partition coefficient (Wildman–Crippen LogP) is 3.29. The molecule has 0 saturated carbocycles. The normalized spacial score (nSPS) is 23.2. The Balaban J connectivity index is 1.36. The van der Waals surface area contributed by atoms with Crippen molar-refractivity contribution < 1.29 is 14.1 Å². The number of nitrogens with zero attached hydrogens (tertiary/aromatic N) is 3. The van der Waals surface area contributed by atoms with Gasteiger partial charge in [0.1, 0.15) is 0 Å². The Kier molecular flexibility index (Phi) is 4.34. The van der Waals surface area contributed by atoms with Gasteiger partial charge in [0, 0.05) is 37.4 Å². The zero-order valence-electron chi connectivity index (χ0n) is 16.2. The summed E-state index contributed by atoms with van der Waals surface area (Å²) < 4.78 is 11.1. The van der Waals surface area contributed by atoms with Crippen molar-refractivity contribution in [1.82, 2.24) is 15.0 Å². The van der Waals surface area contributed by atoms with Gasteiger partial charge >= 0.3 is 6.03 Å². The first-order chi connectivity index (χ1) is 13.6. The standard InChI is InChI=1S/C21H26N4O3/c1-14-22-19(28-24-14)18-12-25(13-21(18)7-9-27-10-8-21)20(26)23-17-6-5-15-3-2-4-16(15)11-17/h5-6,11,18H,2-4,7-10,12-13H2,1H3,(H,23,26)/t18-/m0/s1. The van der Waals surface area contributed by atoms with E-state index in [0.717, 1.165) is 31.4 Å². The third-order valence-corrected chi connectivity index (χ3v) is 6.61. The van der Waals surface area contributed by atoms with Crippen molar-refractivity contribution in [2.75, 3.05) is 31.6 Å². The van der Waals surface area contributed by atoms with E-state index in [1.807, 2.05) is 17.9 Å². The van der Waals surface area contributed by atoms with Gasteiger partial charge in [-0.05, 0) is 62.3 Å². The summed E-state index contributed by atoms with van der Waals surface area (Å²) in [6.45, 7) is 4.54. The summed E-state index contributed by atoms with van der Waals surface area (Å²) in [5, 5.41) is 7.08. The summed E-state index contributed by atoms with van der Waals surface area (Å²) in [5.41, 5.74) is 3.60. The highest BCUT2D eigenvalue weighted by atomic mass is 16.5. The summed E-state index contributed by atoms with van der Waals surface area (Å²) in [5.74, 6) is 1.34. The maximum Gasteiger partial charge on any atom is 0.321 e. The lowest BCUT2D eigenvalue weighted by atomic mass is 9.72. The smallest absolute Gasteiger partial charge is 0.321 e. The van der Waals surface area contributed by atoms with Gasteiger partial charge < -0.3 is 19.5 Å². The highest BCUT2D eigenvalue weighted by Crippen LogP contribution is 2.49. The first-order valence-corrected chi connectivity index (χ1v) is 10.2. The molecule has 1 aliphatic carbocycles. The molecule has 3 aliphatic rings.